The maximum atomic E-state index is 9.62. The Hall–Kier alpha value is 0.850. The van der Waals surface area contributed by atoms with Crippen LogP contribution < -0.4 is 4.89 Å². The first-order valence-corrected chi connectivity index (χ1v) is 4.38. The third kappa shape index (κ3) is 18.1. The molecule has 0 aromatic heterocycles. The van der Waals surface area contributed by atoms with Gasteiger partial charge in [-0.25, -0.2) is 12.7 Å². The van der Waals surface area contributed by atoms with Crippen LogP contribution in [0.4, 0.5) is 0 Å². The van der Waals surface area contributed by atoms with E-state index in [-0.39, 0.29) is 0 Å². The molecule has 11 heavy (non-hydrogen) atoms. The minimum Gasteiger partial charge on any atom is -0.783 e. The van der Waals surface area contributed by atoms with Crippen LogP contribution in [0, 0.1) is 0 Å². The van der Waals surface area contributed by atoms with Gasteiger partial charge in [0.15, 0.2) is 0 Å². The number of hydrogen-bond acceptors (Lipinski definition) is 3. The maximum Gasteiger partial charge on any atom is 0.232 e. The topological polar surface area (TPSA) is 44.5 Å². The predicted molar refractivity (Wildman–Crippen MR) is 44.8 cm³/mol. The lowest BCUT2D eigenvalue weighted by Gasteiger charge is -2.08. The standard InChI is InChI=1S/C3H7ClN.Cl2O3P/c1-5(2)3-4;1-4-6(3)5-2/h3H,1-2H3;/q+1;-1. The lowest BCUT2D eigenvalue weighted by atomic mass is 11.1. The predicted octanol–water partition coefficient (Wildman–Crippen LogP) is 1.44. The fraction of sp³-hybridized carbons (Fsp3) is 0.667. The van der Waals surface area contributed by atoms with E-state index in [0.29, 0.717) is 0 Å². The Labute approximate surface area is 81.6 Å². The van der Waals surface area contributed by atoms with Crippen LogP contribution in [0.15, 0.2) is 0 Å². The summed E-state index contributed by atoms with van der Waals surface area (Å²) in [7, 11) is 1.44. The Balaban J connectivity index is 0. The van der Waals surface area contributed by atoms with Gasteiger partial charge in [0.1, 0.15) is 22.7 Å². The van der Waals surface area contributed by atoms with Gasteiger partial charge in [-0.1, -0.05) is 0 Å². The van der Waals surface area contributed by atoms with E-state index in [0.717, 1.165) is 0 Å². The van der Waals surface area contributed by atoms with Crippen molar-refractivity contribution in [2.24, 2.45) is 0 Å². The first-order valence-electron chi connectivity index (χ1n) is 2.23. The largest absolute Gasteiger partial charge is 0.783 e. The summed E-state index contributed by atoms with van der Waals surface area (Å²) in [4.78, 5) is 9.62. The minimum absolute atomic E-state index is 1.47. The average Bonchev–Trinajstić information content (AvgIpc) is 2.04. The number of nitrogens with zero attached hydrogens (tertiary/aromatic N) is 1. The maximum absolute atomic E-state index is 9.62. The van der Waals surface area contributed by atoms with Gasteiger partial charge in [0, 0.05) is 0 Å². The number of halogens is 3. The average molecular weight is 242 g/mol. The van der Waals surface area contributed by atoms with E-state index in [2.05, 4.69) is 31.9 Å². The second-order valence-electron chi connectivity index (χ2n) is 1.42. The second-order valence-corrected chi connectivity index (χ2v) is 3.17. The van der Waals surface area contributed by atoms with Crippen LogP contribution >= 0.6 is 43.9 Å². The van der Waals surface area contributed by atoms with Crippen molar-refractivity contribution in [1.82, 2.24) is 0 Å². The highest BCUT2D eigenvalue weighted by Crippen LogP contribution is 2.30. The van der Waals surface area contributed by atoms with Crippen LogP contribution in [-0.2, 0) is 8.15 Å². The highest BCUT2D eigenvalue weighted by Gasteiger charge is 1.84. The van der Waals surface area contributed by atoms with Crippen molar-refractivity contribution in [3.8, 4) is 0 Å². The van der Waals surface area contributed by atoms with E-state index in [1.807, 2.05) is 14.1 Å². The molecule has 0 heterocycles. The van der Waals surface area contributed by atoms with Crippen molar-refractivity contribution in [2.75, 3.05) is 14.1 Å². The SMILES string of the molecule is C[N+](C)=CCl.[O-]P(OCl)OCl. The lowest BCUT2D eigenvalue weighted by molar-refractivity contribution is -0.457. The molecule has 0 rings (SSSR count). The van der Waals surface area contributed by atoms with Crippen LogP contribution in [0.1, 0.15) is 0 Å². The molecule has 4 nitrogen and oxygen atoms in total. The number of hydrogen-bond donors (Lipinski definition) is 0. The quantitative estimate of drug-likeness (QED) is 0.418. The zero-order valence-electron chi connectivity index (χ0n) is 5.83. The highest BCUT2D eigenvalue weighted by atomic mass is 35.5. The van der Waals surface area contributed by atoms with Gasteiger partial charge in [-0.05, 0) is 11.6 Å². The Bertz CT molecular complexity index is 106. The molecule has 0 aromatic carbocycles. The Morgan fingerprint density at radius 3 is 1.64 bits per heavy atom. The van der Waals surface area contributed by atoms with Crippen molar-refractivity contribution < 1.29 is 17.6 Å². The van der Waals surface area contributed by atoms with Gasteiger partial charge < -0.3 is 4.89 Å². The molecular formula is C3H7Cl3NO3P. The Kier molecular flexibility index (Phi) is 14.2. The Morgan fingerprint density at radius 1 is 1.36 bits per heavy atom. The fourth-order valence-corrected chi connectivity index (χ4v) is 0.287. The van der Waals surface area contributed by atoms with Crippen molar-refractivity contribution in [2.45, 2.75) is 0 Å². The van der Waals surface area contributed by atoms with E-state index < -0.39 is 8.60 Å². The lowest BCUT2D eigenvalue weighted by Crippen LogP contribution is -1.91. The van der Waals surface area contributed by atoms with Gasteiger partial charge >= 0.3 is 0 Å². The summed E-state index contributed by atoms with van der Waals surface area (Å²) in [5, 5.41) is 0. The minimum atomic E-state index is -2.30. The van der Waals surface area contributed by atoms with Crippen molar-refractivity contribution in [1.29, 1.82) is 0 Å². The molecule has 0 spiro atoms. The highest BCUT2D eigenvalue weighted by molar-refractivity contribution is 7.41. The van der Waals surface area contributed by atoms with Crippen LogP contribution in [0.25, 0.3) is 0 Å². The molecule has 0 bridgehead atoms. The summed E-state index contributed by atoms with van der Waals surface area (Å²) in [5.41, 5.74) is 1.47. The third-order valence-electron chi connectivity index (χ3n) is 0.308. The molecule has 0 aliphatic carbocycles. The second kappa shape index (κ2) is 10.8. The fourth-order valence-electron chi connectivity index (χ4n) is 0.0106. The summed E-state index contributed by atoms with van der Waals surface area (Å²) in [6, 6.07) is 0. The van der Waals surface area contributed by atoms with Crippen molar-refractivity contribution in [3.05, 3.63) is 0 Å². The van der Waals surface area contributed by atoms with Gasteiger partial charge in [-0.2, -0.15) is 0 Å². The molecule has 0 radical (unpaired) electrons. The zero-order chi connectivity index (χ0) is 9.28. The van der Waals surface area contributed by atoms with Crippen LogP contribution in [0.2, 0.25) is 0 Å². The molecule has 0 amide bonds. The summed E-state index contributed by atoms with van der Waals surface area (Å²) in [5.74, 6) is 0. The van der Waals surface area contributed by atoms with Gasteiger partial charge in [0.2, 0.25) is 5.67 Å². The Morgan fingerprint density at radius 2 is 1.64 bits per heavy atom. The number of rotatable bonds is 2. The summed E-state index contributed by atoms with van der Waals surface area (Å²) in [6.07, 6.45) is 0. The van der Waals surface area contributed by atoms with E-state index in [1.165, 1.54) is 5.67 Å². The first-order chi connectivity index (χ1) is 5.08. The summed E-state index contributed by atoms with van der Waals surface area (Å²) < 4.78 is 8.82. The molecule has 0 aliphatic heterocycles. The van der Waals surface area contributed by atoms with Gasteiger partial charge in [0.25, 0.3) is 0 Å². The molecule has 68 valence electrons. The van der Waals surface area contributed by atoms with Crippen LogP contribution in [-0.4, -0.2) is 24.3 Å². The van der Waals surface area contributed by atoms with Gasteiger partial charge in [0.05, 0.1) is 23.7 Å². The molecule has 0 unspecified atom stereocenters. The summed E-state index contributed by atoms with van der Waals surface area (Å²) in [6.45, 7) is 0. The van der Waals surface area contributed by atoms with Crippen molar-refractivity contribution in [3.63, 3.8) is 0 Å². The smallest absolute Gasteiger partial charge is 0.232 e. The van der Waals surface area contributed by atoms with E-state index in [1.54, 1.807) is 4.58 Å². The molecule has 0 aromatic rings. The zero-order valence-corrected chi connectivity index (χ0v) is 8.99. The van der Waals surface area contributed by atoms with Crippen LogP contribution in [0.3, 0.4) is 0 Å². The van der Waals surface area contributed by atoms with Gasteiger partial charge in [-0.15, -0.1) is 0 Å². The molecule has 0 aliphatic rings. The van der Waals surface area contributed by atoms with E-state index >= 15 is 0 Å². The molecule has 0 atom stereocenters. The molecule has 0 N–H and O–H groups in total. The monoisotopic (exact) mass is 241 g/mol. The van der Waals surface area contributed by atoms with E-state index in [9.17, 15) is 4.89 Å². The van der Waals surface area contributed by atoms with Gasteiger partial charge in [-0.3, -0.25) is 0 Å². The third-order valence-corrected chi connectivity index (χ3v) is 1.60. The molecule has 0 saturated carbocycles. The normalized spacial score (nSPS) is 8.64. The van der Waals surface area contributed by atoms with Crippen molar-refractivity contribution >= 4 is 49.6 Å². The van der Waals surface area contributed by atoms with E-state index in [4.69, 9.17) is 11.6 Å². The van der Waals surface area contributed by atoms with Crippen LogP contribution in [0.5, 0.6) is 0 Å². The molecule has 0 saturated heterocycles. The molecule has 0 fully saturated rings. The molecule has 8 heteroatoms. The first kappa shape index (κ1) is 14.4. The summed E-state index contributed by atoms with van der Waals surface area (Å²) >= 11 is 14.1. The molecular weight excluding hydrogens is 235 g/mol.